The number of hydrogen-bond acceptors (Lipinski definition) is 4. The Morgan fingerprint density at radius 2 is 1.65 bits per heavy atom. The van der Waals surface area contributed by atoms with Crippen LogP contribution in [0.2, 0.25) is 0 Å². The average molecular weight is 324 g/mol. The van der Waals surface area contributed by atoms with Crippen LogP contribution in [-0.4, -0.2) is 97.9 Å². The van der Waals surface area contributed by atoms with Crippen LogP contribution < -0.4 is 0 Å². The second-order valence-corrected chi connectivity index (χ2v) is 7.12. The summed E-state index contributed by atoms with van der Waals surface area (Å²) in [6, 6.07) is 0. The van der Waals surface area contributed by atoms with Gasteiger partial charge >= 0.3 is 0 Å². The number of hydrogen-bond donors (Lipinski definition) is 0. The van der Waals surface area contributed by atoms with Gasteiger partial charge in [-0.3, -0.25) is 14.5 Å². The standard InChI is InChI=1S/C17H32N4O2/c1-15(22)19(3)9-6-17(23)21-12-10-20(11-13-21)14-16-4-7-18(2)8-5-16/h16H,4-14H2,1-3H3. The van der Waals surface area contributed by atoms with E-state index < -0.39 is 0 Å². The average Bonchev–Trinajstić information content (AvgIpc) is 2.55. The summed E-state index contributed by atoms with van der Waals surface area (Å²) in [6.45, 7) is 9.30. The van der Waals surface area contributed by atoms with E-state index in [9.17, 15) is 9.59 Å². The lowest BCUT2D eigenvalue weighted by Gasteiger charge is -2.38. The molecule has 0 spiro atoms. The summed E-state index contributed by atoms with van der Waals surface area (Å²) >= 11 is 0. The van der Waals surface area contributed by atoms with Crippen LogP contribution in [0.15, 0.2) is 0 Å². The Hall–Kier alpha value is -1.14. The lowest BCUT2D eigenvalue weighted by Crippen LogP contribution is -2.50. The van der Waals surface area contributed by atoms with Gasteiger partial charge in [-0.15, -0.1) is 0 Å². The summed E-state index contributed by atoms with van der Waals surface area (Å²) in [5.74, 6) is 1.01. The van der Waals surface area contributed by atoms with E-state index in [0.29, 0.717) is 13.0 Å². The highest BCUT2D eigenvalue weighted by Gasteiger charge is 2.24. The summed E-state index contributed by atoms with van der Waals surface area (Å²) in [5, 5.41) is 0. The minimum atomic E-state index is 0.0146. The van der Waals surface area contributed by atoms with Gasteiger partial charge in [-0.1, -0.05) is 0 Å². The van der Waals surface area contributed by atoms with Crippen molar-refractivity contribution in [3.8, 4) is 0 Å². The summed E-state index contributed by atoms with van der Waals surface area (Å²) < 4.78 is 0. The van der Waals surface area contributed by atoms with E-state index in [0.717, 1.165) is 32.1 Å². The minimum absolute atomic E-state index is 0.0146. The largest absolute Gasteiger partial charge is 0.345 e. The Morgan fingerprint density at radius 3 is 2.22 bits per heavy atom. The monoisotopic (exact) mass is 324 g/mol. The van der Waals surface area contributed by atoms with Crippen LogP contribution in [0, 0.1) is 5.92 Å². The molecule has 0 aromatic carbocycles. The normalized spacial score (nSPS) is 21.4. The molecule has 6 nitrogen and oxygen atoms in total. The van der Waals surface area contributed by atoms with E-state index >= 15 is 0 Å². The molecule has 0 atom stereocenters. The van der Waals surface area contributed by atoms with Gasteiger partial charge in [0.1, 0.15) is 0 Å². The van der Waals surface area contributed by atoms with Crippen molar-refractivity contribution in [2.75, 3.05) is 66.5 Å². The first kappa shape index (κ1) is 18.2. The molecule has 2 fully saturated rings. The van der Waals surface area contributed by atoms with Crippen molar-refractivity contribution < 1.29 is 9.59 Å². The number of piperidine rings is 1. The first-order valence-electron chi connectivity index (χ1n) is 8.86. The number of likely N-dealkylation sites (tertiary alicyclic amines) is 1. The van der Waals surface area contributed by atoms with Crippen LogP contribution >= 0.6 is 0 Å². The van der Waals surface area contributed by atoms with E-state index in [1.807, 2.05) is 4.90 Å². The SMILES string of the molecule is CC(=O)N(C)CCC(=O)N1CCN(CC2CCN(C)CC2)CC1. The molecule has 0 N–H and O–H groups in total. The van der Waals surface area contributed by atoms with Crippen molar-refractivity contribution in [3.05, 3.63) is 0 Å². The van der Waals surface area contributed by atoms with Crippen LogP contribution in [0.25, 0.3) is 0 Å². The molecule has 23 heavy (non-hydrogen) atoms. The van der Waals surface area contributed by atoms with E-state index in [2.05, 4.69) is 16.8 Å². The molecule has 0 saturated carbocycles. The van der Waals surface area contributed by atoms with E-state index in [4.69, 9.17) is 0 Å². The molecule has 0 aromatic heterocycles. The van der Waals surface area contributed by atoms with Crippen LogP contribution in [0.5, 0.6) is 0 Å². The molecule has 2 aliphatic heterocycles. The quantitative estimate of drug-likeness (QED) is 0.732. The Bertz CT molecular complexity index is 399. The van der Waals surface area contributed by atoms with Crippen molar-refractivity contribution in [1.82, 2.24) is 19.6 Å². The first-order valence-corrected chi connectivity index (χ1v) is 8.86. The maximum Gasteiger partial charge on any atom is 0.224 e. The highest BCUT2D eigenvalue weighted by atomic mass is 16.2. The Morgan fingerprint density at radius 1 is 1.04 bits per heavy atom. The highest BCUT2D eigenvalue weighted by Crippen LogP contribution is 2.18. The van der Waals surface area contributed by atoms with Crippen molar-refractivity contribution in [2.24, 2.45) is 5.92 Å². The fraction of sp³-hybridized carbons (Fsp3) is 0.882. The molecule has 2 saturated heterocycles. The number of carbonyl (C=O) groups excluding carboxylic acids is 2. The Balaban J connectivity index is 1.65. The second kappa shape index (κ2) is 8.64. The predicted molar refractivity (Wildman–Crippen MR) is 91.2 cm³/mol. The maximum absolute atomic E-state index is 12.2. The molecule has 2 rings (SSSR count). The second-order valence-electron chi connectivity index (χ2n) is 7.12. The van der Waals surface area contributed by atoms with Crippen LogP contribution in [0.1, 0.15) is 26.2 Å². The lowest BCUT2D eigenvalue weighted by molar-refractivity contribution is -0.134. The third-order valence-corrected chi connectivity index (χ3v) is 5.28. The van der Waals surface area contributed by atoms with Gasteiger partial charge in [-0.2, -0.15) is 0 Å². The number of piperazine rings is 1. The van der Waals surface area contributed by atoms with Crippen LogP contribution in [0.4, 0.5) is 0 Å². The zero-order valence-electron chi connectivity index (χ0n) is 15.0. The van der Waals surface area contributed by atoms with Gasteiger partial charge < -0.3 is 14.7 Å². The topological polar surface area (TPSA) is 47.1 Å². The first-order chi connectivity index (χ1) is 11.0. The van der Waals surface area contributed by atoms with Gasteiger partial charge in [0.05, 0.1) is 0 Å². The smallest absolute Gasteiger partial charge is 0.224 e. The summed E-state index contributed by atoms with van der Waals surface area (Å²) in [5.41, 5.74) is 0. The van der Waals surface area contributed by atoms with E-state index in [1.165, 1.54) is 39.4 Å². The molecule has 0 aromatic rings. The molecule has 2 amide bonds. The fourth-order valence-electron chi connectivity index (χ4n) is 3.37. The third-order valence-electron chi connectivity index (χ3n) is 5.28. The van der Waals surface area contributed by atoms with Gasteiger partial charge in [-0.25, -0.2) is 0 Å². The fourth-order valence-corrected chi connectivity index (χ4v) is 3.37. The van der Waals surface area contributed by atoms with Crippen molar-refractivity contribution in [1.29, 1.82) is 0 Å². The highest BCUT2D eigenvalue weighted by molar-refractivity contribution is 5.78. The molecule has 2 heterocycles. The molecule has 0 unspecified atom stereocenters. The summed E-state index contributed by atoms with van der Waals surface area (Å²) in [6.07, 6.45) is 3.03. The van der Waals surface area contributed by atoms with Gasteiger partial charge in [0, 0.05) is 59.7 Å². The van der Waals surface area contributed by atoms with Crippen molar-refractivity contribution >= 4 is 11.8 Å². The molecular weight excluding hydrogens is 292 g/mol. The molecule has 0 radical (unpaired) electrons. The van der Waals surface area contributed by atoms with Gasteiger partial charge in [-0.05, 0) is 38.9 Å². The summed E-state index contributed by atoms with van der Waals surface area (Å²) in [4.78, 5) is 31.9. The van der Waals surface area contributed by atoms with E-state index in [-0.39, 0.29) is 11.8 Å². The molecule has 2 aliphatic rings. The van der Waals surface area contributed by atoms with Crippen molar-refractivity contribution in [2.45, 2.75) is 26.2 Å². The molecule has 0 aliphatic carbocycles. The number of carbonyl (C=O) groups is 2. The number of nitrogens with zero attached hydrogens (tertiary/aromatic N) is 4. The zero-order valence-corrected chi connectivity index (χ0v) is 15.0. The molecule has 6 heteroatoms. The van der Waals surface area contributed by atoms with Gasteiger partial charge in [0.15, 0.2) is 0 Å². The number of amides is 2. The van der Waals surface area contributed by atoms with E-state index in [1.54, 1.807) is 11.9 Å². The van der Waals surface area contributed by atoms with Gasteiger partial charge in [0.25, 0.3) is 0 Å². The third kappa shape index (κ3) is 5.77. The Labute approximate surface area is 140 Å². The Kier molecular flexibility index (Phi) is 6.84. The van der Waals surface area contributed by atoms with Crippen molar-refractivity contribution in [3.63, 3.8) is 0 Å². The predicted octanol–water partition coefficient (Wildman–Crippen LogP) is 0.341. The maximum atomic E-state index is 12.2. The van der Waals surface area contributed by atoms with Gasteiger partial charge in [0.2, 0.25) is 11.8 Å². The molecular formula is C17H32N4O2. The van der Waals surface area contributed by atoms with Crippen LogP contribution in [-0.2, 0) is 9.59 Å². The van der Waals surface area contributed by atoms with Crippen LogP contribution in [0.3, 0.4) is 0 Å². The lowest BCUT2D eigenvalue weighted by atomic mass is 9.96. The minimum Gasteiger partial charge on any atom is -0.345 e. The molecule has 132 valence electrons. The molecule has 0 bridgehead atoms. The number of rotatable bonds is 5. The summed E-state index contributed by atoms with van der Waals surface area (Å²) in [7, 11) is 3.94. The zero-order chi connectivity index (χ0) is 16.8.